The van der Waals surface area contributed by atoms with E-state index in [2.05, 4.69) is 30.3 Å². The predicted octanol–water partition coefficient (Wildman–Crippen LogP) is 3.63. The normalized spacial score (nSPS) is 36.8. The average molecular weight is 190 g/mol. The van der Waals surface area contributed by atoms with E-state index in [0.29, 0.717) is 7.92 Å². The molecule has 2 aliphatic heterocycles. The predicted molar refractivity (Wildman–Crippen MR) is 58.6 cm³/mol. The monoisotopic (exact) mass is 190 g/mol. The maximum atomic E-state index is 2.33. The van der Waals surface area contributed by atoms with Gasteiger partial charge >= 0.3 is 0 Å². The molecule has 1 heteroatoms. The number of benzene rings is 1. The Kier molecular flexibility index (Phi) is 1.91. The Hall–Kier alpha value is -0.350. The minimum atomic E-state index is 0.391. The van der Waals surface area contributed by atoms with Gasteiger partial charge in [-0.15, -0.1) is 0 Å². The summed E-state index contributed by atoms with van der Waals surface area (Å²) in [5.74, 6) is 1.09. The topological polar surface area (TPSA) is 0 Å². The highest BCUT2D eigenvalue weighted by Gasteiger charge is 2.39. The van der Waals surface area contributed by atoms with E-state index in [1.54, 1.807) is 17.9 Å². The maximum absolute atomic E-state index is 2.33. The molecule has 0 N–H and O–H groups in total. The van der Waals surface area contributed by atoms with E-state index in [9.17, 15) is 0 Å². The van der Waals surface area contributed by atoms with Gasteiger partial charge in [0.25, 0.3) is 0 Å². The van der Waals surface area contributed by atoms with Crippen molar-refractivity contribution in [1.82, 2.24) is 0 Å². The maximum Gasteiger partial charge on any atom is 0.00446 e. The lowest BCUT2D eigenvalue weighted by atomic mass is 9.99. The molecule has 0 radical (unpaired) electrons. The summed E-state index contributed by atoms with van der Waals surface area (Å²) in [6, 6.07) is 11.2. The van der Waals surface area contributed by atoms with Crippen LogP contribution in [0.15, 0.2) is 30.3 Å². The largest absolute Gasteiger partial charge is 0.0987 e. The highest BCUT2D eigenvalue weighted by molar-refractivity contribution is 7.58. The first-order valence-corrected chi connectivity index (χ1v) is 7.00. The van der Waals surface area contributed by atoms with Crippen molar-refractivity contribution in [1.29, 1.82) is 0 Å². The lowest BCUT2D eigenvalue weighted by Crippen LogP contribution is -2.01. The second-order valence-electron chi connectivity index (χ2n) is 4.31. The summed E-state index contributed by atoms with van der Waals surface area (Å²) >= 11 is 0. The lowest BCUT2D eigenvalue weighted by molar-refractivity contribution is 0.548. The molecule has 0 spiro atoms. The van der Waals surface area contributed by atoms with Crippen LogP contribution < -0.4 is 0 Å². The van der Waals surface area contributed by atoms with E-state index in [1.165, 1.54) is 12.8 Å². The molecule has 0 aromatic heterocycles. The zero-order chi connectivity index (χ0) is 8.67. The summed E-state index contributed by atoms with van der Waals surface area (Å²) < 4.78 is 0. The van der Waals surface area contributed by atoms with Crippen LogP contribution >= 0.6 is 7.92 Å². The van der Waals surface area contributed by atoms with Crippen LogP contribution in [-0.2, 0) is 0 Å². The molecule has 2 bridgehead atoms. The Labute approximate surface area is 81.1 Å². The number of rotatable bonds is 1. The van der Waals surface area contributed by atoms with Crippen LogP contribution in [0.2, 0.25) is 0 Å². The molecular weight excluding hydrogens is 175 g/mol. The van der Waals surface area contributed by atoms with Crippen molar-refractivity contribution in [3.8, 4) is 0 Å². The number of fused-ring (bicyclic) bond motifs is 2. The van der Waals surface area contributed by atoms with Crippen molar-refractivity contribution in [2.24, 2.45) is 5.92 Å². The van der Waals surface area contributed by atoms with Gasteiger partial charge < -0.3 is 0 Å². The molecule has 0 aliphatic carbocycles. The fraction of sp³-hybridized carbons (Fsp3) is 0.500. The molecule has 0 amide bonds. The van der Waals surface area contributed by atoms with Gasteiger partial charge in [-0.3, -0.25) is 0 Å². The zero-order valence-corrected chi connectivity index (χ0v) is 8.71. The van der Waals surface area contributed by atoms with Crippen molar-refractivity contribution in [3.05, 3.63) is 35.9 Å². The van der Waals surface area contributed by atoms with Gasteiger partial charge in [-0.25, -0.2) is 0 Å². The summed E-state index contributed by atoms with van der Waals surface area (Å²) in [5.41, 5.74) is 2.59. The first-order chi connectivity index (χ1) is 6.43. The van der Waals surface area contributed by atoms with Crippen LogP contribution in [0.5, 0.6) is 0 Å². The Bertz CT molecular complexity index is 293. The van der Waals surface area contributed by atoms with E-state index in [4.69, 9.17) is 0 Å². The molecule has 2 heterocycles. The molecule has 13 heavy (non-hydrogen) atoms. The standard InChI is InChI=1S/C12H15P/c1-2-4-11(5-3-1)12-8-10-6-7-13(12)9-10/h1-5,10,12H,6-9H2. The molecule has 68 valence electrons. The van der Waals surface area contributed by atoms with Gasteiger partial charge in [0.15, 0.2) is 0 Å². The van der Waals surface area contributed by atoms with Crippen LogP contribution in [0.3, 0.4) is 0 Å². The SMILES string of the molecule is c1ccc(C2CC3CCP2C3)cc1. The minimum absolute atomic E-state index is 0.391. The third-order valence-corrected chi connectivity index (χ3v) is 6.71. The number of hydrogen-bond donors (Lipinski definition) is 0. The highest BCUT2D eigenvalue weighted by Crippen LogP contribution is 2.66. The minimum Gasteiger partial charge on any atom is -0.0987 e. The van der Waals surface area contributed by atoms with Gasteiger partial charge in [0.05, 0.1) is 0 Å². The lowest BCUT2D eigenvalue weighted by Gasteiger charge is -2.22. The molecule has 2 aliphatic rings. The quantitative estimate of drug-likeness (QED) is 0.593. The van der Waals surface area contributed by atoms with Gasteiger partial charge in [-0.2, -0.15) is 0 Å². The summed E-state index contributed by atoms with van der Waals surface area (Å²) in [5, 5.41) is 0. The Morgan fingerprint density at radius 3 is 2.62 bits per heavy atom. The molecule has 0 nitrogen and oxygen atoms in total. The molecule has 3 rings (SSSR count). The molecule has 0 saturated carbocycles. The fourth-order valence-corrected chi connectivity index (χ4v) is 6.46. The van der Waals surface area contributed by atoms with E-state index in [0.717, 1.165) is 11.6 Å². The molecule has 1 aromatic carbocycles. The molecule has 3 atom stereocenters. The summed E-state index contributed by atoms with van der Waals surface area (Å²) in [4.78, 5) is 0. The third-order valence-electron chi connectivity index (χ3n) is 3.50. The average Bonchev–Trinajstić information content (AvgIpc) is 2.80. The summed E-state index contributed by atoms with van der Waals surface area (Å²) in [7, 11) is 0.391. The van der Waals surface area contributed by atoms with Crippen LogP contribution in [0, 0.1) is 5.92 Å². The van der Waals surface area contributed by atoms with Crippen molar-refractivity contribution in [2.75, 3.05) is 12.3 Å². The molecular formula is C12H15P. The molecule has 2 saturated heterocycles. The van der Waals surface area contributed by atoms with Crippen LogP contribution in [0.4, 0.5) is 0 Å². The van der Waals surface area contributed by atoms with Crippen LogP contribution in [0.25, 0.3) is 0 Å². The van der Waals surface area contributed by atoms with Gasteiger partial charge in [0.2, 0.25) is 0 Å². The van der Waals surface area contributed by atoms with Crippen molar-refractivity contribution >= 4 is 7.92 Å². The van der Waals surface area contributed by atoms with Crippen LogP contribution in [0.1, 0.15) is 24.1 Å². The smallest absolute Gasteiger partial charge is 0.00446 e. The highest BCUT2D eigenvalue weighted by atomic mass is 31.1. The Balaban J connectivity index is 1.87. The summed E-state index contributed by atoms with van der Waals surface area (Å²) in [6.45, 7) is 0. The molecule has 3 unspecified atom stereocenters. The van der Waals surface area contributed by atoms with Gasteiger partial charge in [0, 0.05) is 5.66 Å². The summed E-state index contributed by atoms with van der Waals surface area (Å²) in [6.07, 6.45) is 6.17. The van der Waals surface area contributed by atoms with E-state index >= 15 is 0 Å². The third kappa shape index (κ3) is 1.32. The first-order valence-electron chi connectivity index (χ1n) is 5.22. The van der Waals surface area contributed by atoms with Crippen LogP contribution in [-0.4, -0.2) is 12.3 Å². The Morgan fingerprint density at radius 1 is 1.15 bits per heavy atom. The second kappa shape index (κ2) is 3.10. The van der Waals surface area contributed by atoms with E-state index in [1.807, 2.05) is 0 Å². The number of hydrogen-bond acceptors (Lipinski definition) is 0. The zero-order valence-electron chi connectivity index (χ0n) is 7.82. The second-order valence-corrected chi connectivity index (χ2v) is 6.93. The molecule has 1 aromatic rings. The van der Waals surface area contributed by atoms with E-state index < -0.39 is 0 Å². The van der Waals surface area contributed by atoms with Crippen molar-refractivity contribution < 1.29 is 0 Å². The van der Waals surface area contributed by atoms with Crippen molar-refractivity contribution in [2.45, 2.75) is 18.5 Å². The van der Waals surface area contributed by atoms with Gasteiger partial charge in [-0.05, 0) is 36.6 Å². The first kappa shape index (κ1) is 8.00. The Morgan fingerprint density at radius 2 is 2.00 bits per heavy atom. The fourth-order valence-electron chi connectivity index (χ4n) is 2.82. The van der Waals surface area contributed by atoms with Gasteiger partial charge in [-0.1, -0.05) is 38.3 Å². The van der Waals surface area contributed by atoms with E-state index in [-0.39, 0.29) is 0 Å². The molecule has 2 fully saturated rings. The van der Waals surface area contributed by atoms with Gasteiger partial charge in [0.1, 0.15) is 0 Å². The van der Waals surface area contributed by atoms with Crippen molar-refractivity contribution in [3.63, 3.8) is 0 Å².